The van der Waals surface area contributed by atoms with Crippen LogP contribution in [0.25, 0.3) is 0 Å². The molecule has 6 nitrogen and oxygen atoms in total. The smallest absolute Gasteiger partial charge is 0.324 e. The van der Waals surface area contributed by atoms with Crippen LogP contribution in [0.5, 0.6) is 5.75 Å². The van der Waals surface area contributed by atoms with Crippen LogP contribution in [0.4, 0.5) is 4.79 Å². The minimum absolute atomic E-state index is 0.201. The first-order valence-electron chi connectivity index (χ1n) is 5.98. The number of hydrogen-bond acceptors (Lipinski definition) is 4. The van der Waals surface area contributed by atoms with E-state index in [9.17, 15) is 9.59 Å². The van der Waals surface area contributed by atoms with Crippen LogP contribution >= 0.6 is 0 Å². The van der Waals surface area contributed by atoms with E-state index < -0.39 is 6.03 Å². The van der Waals surface area contributed by atoms with Gasteiger partial charge in [0.2, 0.25) is 5.91 Å². The lowest BCUT2D eigenvalue weighted by molar-refractivity contribution is -0.125. The average molecular weight is 265 g/mol. The Morgan fingerprint density at radius 1 is 1.37 bits per heavy atom. The first-order valence-corrected chi connectivity index (χ1v) is 5.98. The highest BCUT2D eigenvalue weighted by molar-refractivity contribution is 5.93. The number of para-hydroxylation sites is 1. The molecule has 0 saturated heterocycles. The molecule has 0 fully saturated rings. The van der Waals surface area contributed by atoms with Crippen molar-refractivity contribution in [3.8, 4) is 5.75 Å². The van der Waals surface area contributed by atoms with Crippen molar-refractivity contribution in [3.63, 3.8) is 0 Å². The number of hydrogen-bond donors (Lipinski definition) is 2. The number of nitrogens with zero attached hydrogens (tertiary/aromatic N) is 1. The highest BCUT2D eigenvalue weighted by Crippen LogP contribution is 2.16. The predicted molar refractivity (Wildman–Crippen MR) is 71.7 cm³/mol. The van der Waals surface area contributed by atoms with Crippen LogP contribution in [-0.2, 0) is 11.3 Å². The number of imide groups is 1. The van der Waals surface area contributed by atoms with Gasteiger partial charge in [0, 0.05) is 32.1 Å². The number of amides is 3. The van der Waals surface area contributed by atoms with E-state index in [0.717, 1.165) is 10.5 Å². The van der Waals surface area contributed by atoms with Gasteiger partial charge in [-0.1, -0.05) is 18.2 Å². The summed E-state index contributed by atoms with van der Waals surface area (Å²) in [6.45, 7) is 2.06. The fraction of sp³-hybridized carbons (Fsp3) is 0.385. The average Bonchev–Trinajstić information content (AvgIpc) is 2.42. The fourth-order valence-electron chi connectivity index (χ4n) is 1.65. The Hall–Kier alpha value is -2.08. The maximum atomic E-state index is 11.8. The van der Waals surface area contributed by atoms with Gasteiger partial charge >= 0.3 is 6.03 Å². The number of carbonyl (C=O) groups excluding carboxylic acids is 2. The number of nitrogens with one attached hydrogen (secondary N) is 1. The Bertz CT molecular complexity index is 449. The number of benzene rings is 1. The first kappa shape index (κ1) is 15.0. The maximum Gasteiger partial charge on any atom is 0.324 e. The van der Waals surface area contributed by atoms with Crippen LogP contribution in [0.15, 0.2) is 24.3 Å². The van der Waals surface area contributed by atoms with Gasteiger partial charge < -0.3 is 15.8 Å². The van der Waals surface area contributed by atoms with Crippen LogP contribution in [0.2, 0.25) is 0 Å². The third-order valence-corrected chi connectivity index (χ3v) is 2.60. The Balaban J connectivity index is 2.64. The van der Waals surface area contributed by atoms with Crippen LogP contribution < -0.4 is 15.8 Å². The summed E-state index contributed by atoms with van der Waals surface area (Å²) in [4.78, 5) is 24.2. The van der Waals surface area contributed by atoms with E-state index in [0.29, 0.717) is 5.75 Å². The lowest BCUT2D eigenvalue weighted by Gasteiger charge is -2.19. The monoisotopic (exact) mass is 265 g/mol. The van der Waals surface area contributed by atoms with E-state index in [1.165, 1.54) is 6.92 Å². The van der Waals surface area contributed by atoms with E-state index in [1.807, 2.05) is 24.3 Å². The molecule has 0 saturated carbocycles. The summed E-state index contributed by atoms with van der Waals surface area (Å²) in [5, 5.41) is 2.67. The molecule has 0 heterocycles. The van der Waals surface area contributed by atoms with Crippen LogP contribution in [-0.4, -0.2) is 37.0 Å². The van der Waals surface area contributed by atoms with Gasteiger partial charge in [-0.3, -0.25) is 9.69 Å². The van der Waals surface area contributed by atoms with E-state index in [1.54, 1.807) is 7.11 Å². The molecule has 0 spiro atoms. The maximum absolute atomic E-state index is 11.8. The minimum Gasteiger partial charge on any atom is -0.496 e. The van der Waals surface area contributed by atoms with E-state index in [-0.39, 0.29) is 25.5 Å². The molecule has 0 unspecified atom stereocenters. The molecule has 0 aliphatic heterocycles. The van der Waals surface area contributed by atoms with Crippen molar-refractivity contribution in [1.82, 2.24) is 10.2 Å². The SMILES string of the molecule is COc1ccccc1CNC(=O)N(CCN)C(C)=O. The second-order valence-corrected chi connectivity index (χ2v) is 3.93. The summed E-state index contributed by atoms with van der Waals surface area (Å²) in [6, 6.07) is 6.90. The zero-order valence-electron chi connectivity index (χ0n) is 11.2. The quantitative estimate of drug-likeness (QED) is 0.821. The molecule has 6 heteroatoms. The van der Waals surface area contributed by atoms with E-state index in [4.69, 9.17) is 10.5 Å². The second-order valence-electron chi connectivity index (χ2n) is 3.93. The molecule has 1 aromatic carbocycles. The third-order valence-electron chi connectivity index (χ3n) is 2.60. The van der Waals surface area contributed by atoms with Crippen molar-refractivity contribution in [2.75, 3.05) is 20.2 Å². The molecule has 3 N–H and O–H groups in total. The molecule has 1 rings (SSSR count). The summed E-state index contributed by atoms with van der Waals surface area (Å²) >= 11 is 0. The number of rotatable bonds is 5. The highest BCUT2D eigenvalue weighted by Gasteiger charge is 2.16. The summed E-state index contributed by atoms with van der Waals surface area (Å²) in [6.07, 6.45) is 0. The van der Waals surface area contributed by atoms with Crippen LogP contribution in [0.3, 0.4) is 0 Å². The highest BCUT2D eigenvalue weighted by atomic mass is 16.5. The number of urea groups is 1. The molecule has 0 bridgehead atoms. The van der Waals surface area contributed by atoms with E-state index in [2.05, 4.69) is 5.32 Å². The molecule has 104 valence electrons. The van der Waals surface area contributed by atoms with Crippen molar-refractivity contribution in [2.45, 2.75) is 13.5 Å². The molecule has 0 aliphatic rings. The lowest BCUT2D eigenvalue weighted by atomic mass is 10.2. The number of carbonyl (C=O) groups is 2. The molecule has 0 radical (unpaired) electrons. The molecular formula is C13H19N3O3. The molecule has 0 aliphatic carbocycles. The standard InChI is InChI=1S/C13H19N3O3/c1-10(17)16(8-7-14)13(18)15-9-11-5-3-4-6-12(11)19-2/h3-6H,7-9,14H2,1-2H3,(H,15,18). The molecule has 3 amide bonds. The Morgan fingerprint density at radius 3 is 2.63 bits per heavy atom. The van der Waals surface area contributed by atoms with Crippen LogP contribution in [0, 0.1) is 0 Å². The van der Waals surface area contributed by atoms with Crippen LogP contribution in [0.1, 0.15) is 12.5 Å². The third kappa shape index (κ3) is 4.26. The fourth-order valence-corrected chi connectivity index (χ4v) is 1.65. The van der Waals surface area contributed by atoms with Gasteiger partial charge in [0.15, 0.2) is 0 Å². The zero-order chi connectivity index (χ0) is 14.3. The van der Waals surface area contributed by atoms with Crippen molar-refractivity contribution < 1.29 is 14.3 Å². The topological polar surface area (TPSA) is 84.7 Å². The van der Waals surface area contributed by atoms with Gasteiger partial charge in [0.1, 0.15) is 5.75 Å². The van der Waals surface area contributed by atoms with Crippen molar-refractivity contribution in [1.29, 1.82) is 0 Å². The molecule has 0 atom stereocenters. The van der Waals surface area contributed by atoms with Gasteiger partial charge in [-0.15, -0.1) is 0 Å². The Labute approximate surface area is 112 Å². The van der Waals surface area contributed by atoms with Gasteiger partial charge in [-0.05, 0) is 6.07 Å². The lowest BCUT2D eigenvalue weighted by Crippen LogP contribution is -2.44. The van der Waals surface area contributed by atoms with Crippen molar-refractivity contribution in [3.05, 3.63) is 29.8 Å². The summed E-state index contributed by atoms with van der Waals surface area (Å²) in [7, 11) is 1.57. The molecular weight excluding hydrogens is 246 g/mol. The predicted octanol–water partition coefficient (Wildman–Crippen LogP) is 0.712. The summed E-state index contributed by atoms with van der Waals surface area (Å²) < 4.78 is 5.18. The number of nitrogens with two attached hydrogens (primary N) is 1. The van der Waals surface area contributed by atoms with Gasteiger partial charge in [-0.2, -0.15) is 0 Å². The molecule has 0 aromatic heterocycles. The van der Waals surface area contributed by atoms with E-state index >= 15 is 0 Å². The second kappa shape index (κ2) is 7.38. The van der Waals surface area contributed by atoms with Gasteiger partial charge in [0.05, 0.1) is 7.11 Å². The van der Waals surface area contributed by atoms with Gasteiger partial charge in [-0.25, -0.2) is 4.79 Å². The number of ether oxygens (including phenoxy) is 1. The molecule has 19 heavy (non-hydrogen) atoms. The van der Waals surface area contributed by atoms with Crippen molar-refractivity contribution in [2.24, 2.45) is 5.73 Å². The van der Waals surface area contributed by atoms with Crippen molar-refractivity contribution >= 4 is 11.9 Å². The number of methoxy groups -OCH3 is 1. The van der Waals surface area contributed by atoms with Gasteiger partial charge in [0.25, 0.3) is 0 Å². The summed E-state index contributed by atoms with van der Waals surface area (Å²) in [5.41, 5.74) is 6.21. The first-order chi connectivity index (χ1) is 9.10. The minimum atomic E-state index is -0.455. The Morgan fingerprint density at radius 2 is 2.05 bits per heavy atom. The molecule has 1 aromatic rings. The Kier molecular flexibility index (Phi) is 5.81. The summed E-state index contributed by atoms with van der Waals surface area (Å²) in [5.74, 6) is 0.360. The zero-order valence-corrected chi connectivity index (χ0v) is 11.2. The normalized spacial score (nSPS) is 9.84. The largest absolute Gasteiger partial charge is 0.496 e.